The Hall–Kier alpha value is -1.07. The maximum atomic E-state index is 11.5. The van der Waals surface area contributed by atoms with Crippen molar-refractivity contribution in [1.82, 2.24) is 4.90 Å². The summed E-state index contributed by atoms with van der Waals surface area (Å²) >= 11 is 0. The molecule has 1 atom stereocenters. The molecule has 1 heterocycles. The zero-order valence-electron chi connectivity index (χ0n) is 11.8. The van der Waals surface area contributed by atoms with Gasteiger partial charge in [0.05, 0.1) is 11.5 Å². The average Bonchev–Trinajstić information content (AvgIpc) is 2.95. The van der Waals surface area contributed by atoms with Gasteiger partial charge in [-0.25, -0.2) is 8.42 Å². The first-order valence-electron chi connectivity index (χ1n) is 7.19. The Balaban J connectivity index is 1.75. The Kier molecular flexibility index (Phi) is 3.50. The smallest absolute Gasteiger partial charge is 0.151 e. The van der Waals surface area contributed by atoms with Gasteiger partial charge in [-0.2, -0.15) is 0 Å². The molecular formula is C15H21NO3S. The van der Waals surface area contributed by atoms with Gasteiger partial charge in [0, 0.05) is 18.2 Å². The zero-order valence-corrected chi connectivity index (χ0v) is 12.6. The fourth-order valence-electron chi connectivity index (χ4n) is 3.31. The van der Waals surface area contributed by atoms with Gasteiger partial charge in [-0.05, 0) is 49.9 Å². The van der Waals surface area contributed by atoms with Crippen LogP contribution >= 0.6 is 0 Å². The van der Waals surface area contributed by atoms with E-state index in [-0.39, 0.29) is 17.5 Å². The van der Waals surface area contributed by atoms with E-state index >= 15 is 0 Å². The molecule has 0 aromatic heterocycles. The number of sulfone groups is 1. The lowest BCUT2D eigenvalue weighted by atomic mass is 10.0. The van der Waals surface area contributed by atoms with Gasteiger partial charge in [-0.3, -0.25) is 4.90 Å². The number of aromatic hydroxyl groups is 1. The highest BCUT2D eigenvalue weighted by atomic mass is 32.2. The topological polar surface area (TPSA) is 57.6 Å². The van der Waals surface area contributed by atoms with Crippen LogP contribution in [0.2, 0.25) is 0 Å². The Morgan fingerprint density at radius 2 is 2.00 bits per heavy atom. The summed E-state index contributed by atoms with van der Waals surface area (Å²) in [6.45, 7) is 0.610. The lowest BCUT2D eigenvalue weighted by Gasteiger charge is -2.23. The molecule has 3 rings (SSSR count). The molecule has 0 spiro atoms. The van der Waals surface area contributed by atoms with Crippen molar-refractivity contribution in [1.29, 1.82) is 0 Å². The minimum Gasteiger partial charge on any atom is -0.508 e. The average molecular weight is 295 g/mol. The number of rotatable bonds is 3. The SMILES string of the molecule is CN(Cc1cc2c(cc1O)CCC2)C1CCS(=O)(=O)C1. The van der Waals surface area contributed by atoms with Gasteiger partial charge in [0.1, 0.15) is 5.75 Å². The van der Waals surface area contributed by atoms with Crippen molar-refractivity contribution in [3.05, 3.63) is 28.8 Å². The van der Waals surface area contributed by atoms with Crippen LogP contribution in [0.25, 0.3) is 0 Å². The number of aryl methyl sites for hydroxylation is 2. The molecule has 1 saturated heterocycles. The third kappa shape index (κ3) is 2.69. The van der Waals surface area contributed by atoms with Crippen LogP contribution in [0.15, 0.2) is 12.1 Å². The minimum absolute atomic E-state index is 0.0765. The number of phenolic OH excluding ortho intramolecular Hbond substituents is 1. The van der Waals surface area contributed by atoms with Gasteiger partial charge < -0.3 is 5.11 Å². The highest BCUT2D eigenvalue weighted by molar-refractivity contribution is 7.91. The van der Waals surface area contributed by atoms with Gasteiger partial charge >= 0.3 is 0 Å². The third-order valence-corrected chi connectivity index (χ3v) is 6.29. The number of hydrogen-bond acceptors (Lipinski definition) is 4. The molecule has 2 aliphatic rings. The lowest BCUT2D eigenvalue weighted by molar-refractivity contribution is 0.250. The van der Waals surface area contributed by atoms with E-state index in [1.165, 1.54) is 11.1 Å². The molecule has 4 nitrogen and oxygen atoms in total. The Bertz CT molecular complexity index is 624. The summed E-state index contributed by atoms with van der Waals surface area (Å²) in [7, 11) is -0.914. The second-order valence-electron chi connectivity index (χ2n) is 6.08. The molecule has 0 radical (unpaired) electrons. The summed E-state index contributed by atoms with van der Waals surface area (Å²) in [5.41, 5.74) is 3.51. The van der Waals surface area contributed by atoms with Gasteiger partial charge in [0.15, 0.2) is 9.84 Å². The molecule has 1 aromatic rings. The largest absolute Gasteiger partial charge is 0.508 e. The van der Waals surface area contributed by atoms with Crippen molar-refractivity contribution < 1.29 is 13.5 Å². The monoisotopic (exact) mass is 295 g/mol. The molecule has 110 valence electrons. The Morgan fingerprint density at radius 3 is 2.65 bits per heavy atom. The van der Waals surface area contributed by atoms with Crippen LogP contribution in [0.5, 0.6) is 5.75 Å². The molecule has 5 heteroatoms. The molecule has 1 aromatic carbocycles. The Morgan fingerprint density at radius 1 is 1.30 bits per heavy atom. The zero-order chi connectivity index (χ0) is 14.3. The Labute approximate surface area is 120 Å². The maximum Gasteiger partial charge on any atom is 0.151 e. The van der Waals surface area contributed by atoms with E-state index < -0.39 is 9.84 Å². The summed E-state index contributed by atoms with van der Waals surface area (Å²) in [6.07, 6.45) is 4.00. The highest BCUT2D eigenvalue weighted by Gasteiger charge is 2.30. The second kappa shape index (κ2) is 5.04. The number of phenols is 1. The fourth-order valence-corrected chi connectivity index (χ4v) is 5.11. The van der Waals surface area contributed by atoms with Crippen molar-refractivity contribution in [3.63, 3.8) is 0 Å². The van der Waals surface area contributed by atoms with E-state index in [0.29, 0.717) is 18.7 Å². The van der Waals surface area contributed by atoms with Crippen molar-refractivity contribution in [2.45, 2.75) is 38.3 Å². The van der Waals surface area contributed by atoms with Crippen LogP contribution in [0.4, 0.5) is 0 Å². The van der Waals surface area contributed by atoms with Gasteiger partial charge in [0.25, 0.3) is 0 Å². The van der Waals surface area contributed by atoms with E-state index in [1.54, 1.807) is 0 Å². The highest BCUT2D eigenvalue weighted by Crippen LogP contribution is 2.30. The van der Waals surface area contributed by atoms with Crippen LogP contribution in [0, 0.1) is 0 Å². The van der Waals surface area contributed by atoms with Crippen LogP contribution in [0.3, 0.4) is 0 Å². The molecule has 0 bridgehead atoms. The molecule has 0 saturated carbocycles. The molecule has 1 aliphatic carbocycles. The molecule has 20 heavy (non-hydrogen) atoms. The van der Waals surface area contributed by atoms with E-state index in [9.17, 15) is 13.5 Å². The van der Waals surface area contributed by atoms with Crippen LogP contribution in [0.1, 0.15) is 29.5 Å². The maximum absolute atomic E-state index is 11.5. The van der Waals surface area contributed by atoms with E-state index in [1.807, 2.05) is 13.1 Å². The predicted octanol–water partition coefficient (Wildman–Crippen LogP) is 1.50. The minimum atomic E-state index is -2.86. The fraction of sp³-hybridized carbons (Fsp3) is 0.600. The number of fused-ring (bicyclic) bond motifs is 1. The van der Waals surface area contributed by atoms with E-state index in [4.69, 9.17) is 0 Å². The number of hydrogen-bond donors (Lipinski definition) is 1. The summed E-state index contributed by atoms with van der Waals surface area (Å²) < 4.78 is 23.1. The molecule has 1 unspecified atom stereocenters. The molecule has 1 N–H and O–H groups in total. The van der Waals surface area contributed by atoms with Crippen LogP contribution in [-0.4, -0.2) is 43.0 Å². The predicted molar refractivity (Wildman–Crippen MR) is 78.7 cm³/mol. The summed E-state index contributed by atoms with van der Waals surface area (Å²) in [5.74, 6) is 0.881. The van der Waals surface area contributed by atoms with Gasteiger partial charge in [-0.15, -0.1) is 0 Å². The second-order valence-corrected chi connectivity index (χ2v) is 8.30. The normalized spacial score (nSPS) is 24.2. The van der Waals surface area contributed by atoms with Crippen LogP contribution in [-0.2, 0) is 29.2 Å². The molecule has 0 amide bonds. The number of benzene rings is 1. The van der Waals surface area contributed by atoms with Crippen molar-refractivity contribution in [2.75, 3.05) is 18.6 Å². The summed E-state index contributed by atoms with van der Waals surface area (Å²) in [6, 6.07) is 4.06. The molecule has 1 fully saturated rings. The van der Waals surface area contributed by atoms with Gasteiger partial charge in [0.2, 0.25) is 0 Å². The van der Waals surface area contributed by atoms with Crippen molar-refractivity contribution >= 4 is 9.84 Å². The third-order valence-electron chi connectivity index (χ3n) is 4.54. The van der Waals surface area contributed by atoms with Crippen molar-refractivity contribution in [2.24, 2.45) is 0 Å². The van der Waals surface area contributed by atoms with E-state index in [2.05, 4.69) is 11.0 Å². The van der Waals surface area contributed by atoms with Crippen molar-refractivity contribution in [3.8, 4) is 5.75 Å². The summed E-state index contributed by atoms with van der Waals surface area (Å²) in [4.78, 5) is 2.06. The lowest BCUT2D eigenvalue weighted by Crippen LogP contribution is -2.32. The van der Waals surface area contributed by atoms with Crippen LogP contribution < -0.4 is 0 Å². The summed E-state index contributed by atoms with van der Waals surface area (Å²) in [5, 5.41) is 10.1. The van der Waals surface area contributed by atoms with E-state index in [0.717, 1.165) is 24.8 Å². The standard InChI is InChI=1S/C15H21NO3S/c1-16(14-5-6-20(18,19)10-14)9-13-7-11-3-2-4-12(11)8-15(13)17/h7-8,14,17H,2-6,9-10H2,1H3. The number of nitrogens with zero attached hydrogens (tertiary/aromatic N) is 1. The quantitative estimate of drug-likeness (QED) is 0.918. The first-order chi connectivity index (χ1) is 9.44. The molecular weight excluding hydrogens is 274 g/mol. The molecule has 1 aliphatic heterocycles. The first kappa shape index (κ1) is 13.9. The first-order valence-corrected chi connectivity index (χ1v) is 9.01. The van der Waals surface area contributed by atoms with Gasteiger partial charge in [-0.1, -0.05) is 6.07 Å².